The van der Waals surface area contributed by atoms with E-state index >= 15 is 0 Å². The molecule has 0 radical (unpaired) electrons. The Balaban J connectivity index is 1.81. The maximum atomic E-state index is 11.8. The molecule has 1 aromatic carbocycles. The zero-order valence-corrected chi connectivity index (χ0v) is 12.2. The topological polar surface area (TPSA) is 89.4 Å². The van der Waals surface area contributed by atoms with Crippen molar-refractivity contribution in [2.75, 3.05) is 7.11 Å². The van der Waals surface area contributed by atoms with Crippen molar-refractivity contribution in [1.82, 2.24) is 15.4 Å². The molecule has 7 heteroatoms. The van der Waals surface area contributed by atoms with Crippen LogP contribution in [0.4, 0.5) is 0 Å². The summed E-state index contributed by atoms with van der Waals surface area (Å²) in [6, 6.07) is 9.60. The van der Waals surface area contributed by atoms with Gasteiger partial charge in [0.25, 0.3) is 5.91 Å². The SMILES string of the molecule is COC(=O)CCC(=O)NNC(=O)Cn1ccc2ccccc21. The summed E-state index contributed by atoms with van der Waals surface area (Å²) in [7, 11) is 1.25. The number of para-hydroxylation sites is 1. The van der Waals surface area contributed by atoms with E-state index < -0.39 is 11.9 Å². The lowest BCUT2D eigenvalue weighted by Crippen LogP contribution is -2.43. The summed E-state index contributed by atoms with van der Waals surface area (Å²) in [5, 5.41) is 1.04. The van der Waals surface area contributed by atoms with Gasteiger partial charge in [0.05, 0.1) is 13.5 Å². The number of carbonyl (C=O) groups excluding carboxylic acids is 3. The molecule has 2 aromatic rings. The van der Waals surface area contributed by atoms with Crippen molar-refractivity contribution in [1.29, 1.82) is 0 Å². The van der Waals surface area contributed by atoms with Crippen molar-refractivity contribution in [2.24, 2.45) is 0 Å². The number of aromatic nitrogens is 1. The number of fused-ring (bicyclic) bond motifs is 1. The molecule has 1 aromatic heterocycles. The Labute approximate surface area is 127 Å². The molecule has 2 N–H and O–H groups in total. The van der Waals surface area contributed by atoms with Gasteiger partial charge in [-0.1, -0.05) is 18.2 Å². The number of amides is 2. The molecule has 0 aliphatic carbocycles. The number of carbonyl (C=O) groups is 3. The van der Waals surface area contributed by atoms with Gasteiger partial charge in [-0.25, -0.2) is 0 Å². The minimum Gasteiger partial charge on any atom is -0.469 e. The third-order valence-corrected chi connectivity index (χ3v) is 3.12. The van der Waals surface area contributed by atoms with Crippen molar-refractivity contribution in [3.05, 3.63) is 36.5 Å². The molecule has 116 valence electrons. The quantitative estimate of drug-likeness (QED) is 0.630. The summed E-state index contributed by atoms with van der Waals surface area (Å²) < 4.78 is 6.21. The molecule has 0 fully saturated rings. The number of nitrogens with zero attached hydrogens (tertiary/aromatic N) is 1. The first-order chi connectivity index (χ1) is 10.6. The second-order valence-corrected chi connectivity index (χ2v) is 4.67. The van der Waals surface area contributed by atoms with Crippen molar-refractivity contribution in [2.45, 2.75) is 19.4 Å². The number of ether oxygens (including phenoxy) is 1. The van der Waals surface area contributed by atoms with Crippen LogP contribution in [0.3, 0.4) is 0 Å². The largest absolute Gasteiger partial charge is 0.469 e. The van der Waals surface area contributed by atoms with Crippen LogP contribution in [0.1, 0.15) is 12.8 Å². The molecule has 1 heterocycles. The molecule has 2 rings (SSSR count). The summed E-state index contributed by atoms with van der Waals surface area (Å²) in [5.74, 6) is -1.27. The lowest BCUT2D eigenvalue weighted by molar-refractivity contribution is -0.142. The fraction of sp³-hybridized carbons (Fsp3) is 0.267. The van der Waals surface area contributed by atoms with E-state index in [9.17, 15) is 14.4 Å². The standard InChI is InChI=1S/C15H17N3O4/c1-22-15(21)7-6-13(19)16-17-14(20)10-18-9-8-11-4-2-3-5-12(11)18/h2-5,8-9H,6-7,10H2,1H3,(H,16,19)(H,17,20). The Kier molecular flexibility index (Phi) is 5.13. The molecule has 2 amide bonds. The second-order valence-electron chi connectivity index (χ2n) is 4.67. The van der Waals surface area contributed by atoms with Crippen LogP contribution in [0.2, 0.25) is 0 Å². The van der Waals surface area contributed by atoms with E-state index in [0.29, 0.717) is 0 Å². The van der Waals surface area contributed by atoms with Crippen LogP contribution in [-0.2, 0) is 25.7 Å². The number of esters is 1. The van der Waals surface area contributed by atoms with Gasteiger partial charge in [-0.2, -0.15) is 0 Å². The van der Waals surface area contributed by atoms with Crippen molar-refractivity contribution in [3.8, 4) is 0 Å². The molecule has 0 aliphatic rings. The second kappa shape index (κ2) is 7.26. The Morgan fingerprint density at radius 3 is 2.55 bits per heavy atom. The molecule has 22 heavy (non-hydrogen) atoms. The van der Waals surface area contributed by atoms with E-state index in [4.69, 9.17) is 0 Å². The van der Waals surface area contributed by atoms with Gasteiger partial charge < -0.3 is 9.30 Å². The van der Waals surface area contributed by atoms with Crippen molar-refractivity contribution < 1.29 is 19.1 Å². The summed E-state index contributed by atoms with van der Waals surface area (Å²) in [6.07, 6.45) is 1.74. The Morgan fingerprint density at radius 1 is 1.05 bits per heavy atom. The zero-order chi connectivity index (χ0) is 15.9. The third-order valence-electron chi connectivity index (χ3n) is 3.12. The number of hydrogen-bond donors (Lipinski definition) is 2. The summed E-state index contributed by atoms with van der Waals surface area (Å²) in [6.45, 7) is 0.0881. The first-order valence-electron chi connectivity index (χ1n) is 6.78. The first kappa shape index (κ1) is 15.6. The monoisotopic (exact) mass is 303 g/mol. The van der Waals surface area contributed by atoms with Gasteiger partial charge in [0.15, 0.2) is 0 Å². The molecule has 7 nitrogen and oxygen atoms in total. The minimum atomic E-state index is -0.472. The smallest absolute Gasteiger partial charge is 0.306 e. The number of nitrogens with one attached hydrogen (secondary N) is 2. The average Bonchev–Trinajstić information content (AvgIpc) is 2.93. The lowest BCUT2D eigenvalue weighted by Gasteiger charge is -2.08. The Hall–Kier alpha value is -2.83. The fourth-order valence-corrected chi connectivity index (χ4v) is 1.99. The Morgan fingerprint density at radius 2 is 1.77 bits per heavy atom. The van der Waals surface area contributed by atoms with Gasteiger partial charge in [-0.3, -0.25) is 25.2 Å². The van der Waals surface area contributed by atoms with Crippen LogP contribution >= 0.6 is 0 Å². The van der Waals surface area contributed by atoms with Crippen LogP contribution in [0.25, 0.3) is 10.9 Å². The Bertz CT molecular complexity index is 693. The molecule has 0 atom stereocenters. The van der Waals surface area contributed by atoms with Crippen molar-refractivity contribution in [3.63, 3.8) is 0 Å². The van der Waals surface area contributed by atoms with Gasteiger partial charge in [0.1, 0.15) is 6.54 Å². The molecule has 0 saturated carbocycles. The zero-order valence-electron chi connectivity index (χ0n) is 12.2. The van der Waals surface area contributed by atoms with E-state index in [1.54, 1.807) is 4.57 Å². The molecule has 0 unspecified atom stereocenters. The highest BCUT2D eigenvalue weighted by Gasteiger charge is 2.09. The number of hydrazine groups is 1. The fourth-order valence-electron chi connectivity index (χ4n) is 1.99. The van der Waals surface area contributed by atoms with Crippen LogP contribution in [0.5, 0.6) is 0 Å². The van der Waals surface area contributed by atoms with Crippen LogP contribution < -0.4 is 10.9 Å². The lowest BCUT2D eigenvalue weighted by atomic mass is 10.2. The van der Waals surface area contributed by atoms with Gasteiger partial charge in [-0.15, -0.1) is 0 Å². The summed E-state index contributed by atoms with van der Waals surface area (Å²) >= 11 is 0. The summed E-state index contributed by atoms with van der Waals surface area (Å²) in [4.78, 5) is 34.2. The highest BCUT2D eigenvalue weighted by Crippen LogP contribution is 2.14. The average molecular weight is 303 g/mol. The maximum Gasteiger partial charge on any atom is 0.306 e. The first-order valence-corrected chi connectivity index (χ1v) is 6.78. The van der Waals surface area contributed by atoms with Crippen molar-refractivity contribution >= 4 is 28.7 Å². The summed E-state index contributed by atoms with van der Waals surface area (Å²) in [5.41, 5.74) is 5.52. The van der Waals surface area contributed by atoms with Gasteiger partial charge in [-0.05, 0) is 17.5 Å². The highest BCUT2D eigenvalue weighted by molar-refractivity contribution is 5.86. The van der Waals surface area contributed by atoms with Gasteiger partial charge in [0.2, 0.25) is 5.91 Å². The highest BCUT2D eigenvalue weighted by atomic mass is 16.5. The van der Waals surface area contributed by atoms with Crippen LogP contribution in [-0.4, -0.2) is 29.5 Å². The van der Waals surface area contributed by atoms with E-state index in [2.05, 4.69) is 15.6 Å². The van der Waals surface area contributed by atoms with Gasteiger partial charge in [0, 0.05) is 18.1 Å². The number of rotatable bonds is 5. The van der Waals surface area contributed by atoms with E-state index in [-0.39, 0.29) is 25.3 Å². The predicted molar refractivity (Wildman–Crippen MR) is 79.5 cm³/mol. The van der Waals surface area contributed by atoms with Crippen LogP contribution in [0.15, 0.2) is 36.5 Å². The number of hydrogen-bond acceptors (Lipinski definition) is 4. The minimum absolute atomic E-state index is 0.0273. The molecule has 0 bridgehead atoms. The van der Waals surface area contributed by atoms with E-state index in [1.165, 1.54) is 7.11 Å². The third kappa shape index (κ3) is 4.08. The van der Waals surface area contributed by atoms with Gasteiger partial charge >= 0.3 is 5.97 Å². The van der Waals surface area contributed by atoms with Crippen LogP contribution in [0, 0.1) is 0 Å². The normalized spacial score (nSPS) is 10.2. The number of methoxy groups -OCH3 is 1. The predicted octanol–water partition coefficient (Wildman–Crippen LogP) is 0.742. The molecule has 0 saturated heterocycles. The molecular formula is C15H17N3O4. The van der Waals surface area contributed by atoms with E-state index in [1.807, 2.05) is 36.5 Å². The molecule has 0 spiro atoms. The maximum absolute atomic E-state index is 11.8. The number of benzene rings is 1. The molecule has 0 aliphatic heterocycles. The molecular weight excluding hydrogens is 286 g/mol. The van der Waals surface area contributed by atoms with E-state index in [0.717, 1.165) is 10.9 Å².